The number of primary amides is 1. The second kappa shape index (κ2) is 6.41. The predicted octanol–water partition coefficient (Wildman–Crippen LogP) is 2.30. The summed E-state index contributed by atoms with van der Waals surface area (Å²) < 4.78 is 4.70. The molecule has 0 aromatic heterocycles. The monoisotopic (exact) mass is 276 g/mol. The van der Waals surface area contributed by atoms with Gasteiger partial charge >= 0.3 is 6.09 Å². The van der Waals surface area contributed by atoms with Gasteiger partial charge in [0.05, 0.1) is 12.6 Å². The van der Waals surface area contributed by atoms with Crippen molar-refractivity contribution in [3.8, 4) is 0 Å². The number of nitrogens with one attached hydrogen (secondary N) is 1. The van der Waals surface area contributed by atoms with Crippen molar-refractivity contribution in [2.75, 3.05) is 6.61 Å². The molecule has 1 aromatic carbocycles. The van der Waals surface area contributed by atoms with Gasteiger partial charge in [-0.15, -0.1) is 0 Å². The van der Waals surface area contributed by atoms with Gasteiger partial charge in [0.2, 0.25) is 0 Å². The van der Waals surface area contributed by atoms with Gasteiger partial charge < -0.3 is 15.8 Å². The maximum atomic E-state index is 12.0. The van der Waals surface area contributed by atoms with Crippen molar-refractivity contribution in [2.24, 2.45) is 5.73 Å². The smallest absolute Gasteiger partial charge is 0.404 e. The summed E-state index contributed by atoms with van der Waals surface area (Å²) in [4.78, 5) is 22.5. The van der Waals surface area contributed by atoms with Crippen molar-refractivity contribution in [1.29, 1.82) is 0 Å². The highest BCUT2D eigenvalue weighted by Crippen LogP contribution is 2.29. The quantitative estimate of drug-likeness (QED) is 0.836. The summed E-state index contributed by atoms with van der Waals surface area (Å²) in [6.45, 7) is 2.37. The second-order valence-corrected chi connectivity index (χ2v) is 5.01. The average molecular weight is 276 g/mol. The second-order valence-electron chi connectivity index (χ2n) is 5.01. The van der Waals surface area contributed by atoms with E-state index in [1.165, 1.54) is 0 Å². The van der Waals surface area contributed by atoms with Gasteiger partial charge in [0.1, 0.15) is 0 Å². The van der Waals surface area contributed by atoms with Crippen LogP contribution in [0.4, 0.5) is 4.79 Å². The number of amides is 2. The first-order valence-corrected chi connectivity index (χ1v) is 6.97. The molecule has 5 heteroatoms. The summed E-state index contributed by atoms with van der Waals surface area (Å²) in [6.07, 6.45) is 2.97. The number of fused-ring (bicyclic) bond motifs is 1. The van der Waals surface area contributed by atoms with Gasteiger partial charge in [-0.2, -0.15) is 0 Å². The third-order valence-corrected chi connectivity index (χ3v) is 3.52. The van der Waals surface area contributed by atoms with Crippen LogP contribution in [-0.4, -0.2) is 18.6 Å². The summed E-state index contributed by atoms with van der Waals surface area (Å²) in [5.74, 6) is -0.0150. The zero-order chi connectivity index (χ0) is 14.5. The zero-order valence-electron chi connectivity index (χ0n) is 11.6. The van der Waals surface area contributed by atoms with E-state index < -0.39 is 6.09 Å². The lowest BCUT2D eigenvalue weighted by Crippen LogP contribution is -2.18. The Kier molecular flexibility index (Phi) is 4.61. The number of ether oxygens (including phenoxy) is 1. The number of nitrogens with two attached hydrogens (primary N) is 1. The maximum absolute atomic E-state index is 12.0. The van der Waals surface area contributed by atoms with E-state index >= 15 is 0 Å². The SMILES string of the molecule is CCCCC1NC(=O)c2cc(CCOC(N)=O)ccc21. The van der Waals surface area contributed by atoms with Crippen LogP contribution in [0.15, 0.2) is 18.2 Å². The molecule has 1 atom stereocenters. The van der Waals surface area contributed by atoms with Crippen LogP contribution in [0, 0.1) is 0 Å². The normalized spacial score (nSPS) is 16.6. The van der Waals surface area contributed by atoms with E-state index in [1.807, 2.05) is 18.2 Å². The Morgan fingerprint density at radius 2 is 2.25 bits per heavy atom. The molecular weight excluding hydrogens is 256 g/mol. The molecule has 0 saturated carbocycles. The Labute approximate surface area is 118 Å². The molecule has 2 rings (SSSR count). The Hall–Kier alpha value is -2.04. The van der Waals surface area contributed by atoms with Crippen LogP contribution >= 0.6 is 0 Å². The number of carbonyl (C=O) groups excluding carboxylic acids is 2. The van der Waals surface area contributed by atoms with E-state index in [0.717, 1.165) is 36.0 Å². The van der Waals surface area contributed by atoms with E-state index in [2.05, 4.69) is 12.2 Å². The summed E-state index contributed by atoms with van der Waals surface area (Å²) in [5, 5.41) is 3.01. The van der Waals surface area contributed by atoms with Crippen LogP contribution in [0.25, 0.3) is 0 Å². The first kappa shape index (κ1) is 14.4. The summed E-state index contributed by atoms with van der Waals surface area (Å²) in [6, 6.07) is 5.98. The summed E-state index contributed by atoms with van der Waals surface area (Å²) in [5.41, 5.74) is 7.69. The molecule has 5 nitrogen and oxygen atoms in total. The Morgan fingerprint density at radius 1 is 1.45 bits per heavy atom. The maximum Gasteiger partial charge on any atom is 0.404 e. The fraction of sp³-hybridized carbons (Fsp3) is 0.467. The molecule has 1 aliphatic rings. The number of unbranched alkanes of at least 4 members (excludes halogenated alkanes) is 1. The van der Waals surface area contributed by atoms with Gasteiger partial charge in [-0.25, -0.2) is 4.79 Å². The van der Waals surface area contributed by atoms with Crippen molar-refractivity contribution in [3.05, 3.63) is 34.9 Å². The number of hydrogen-bond donors (Lipinski definition) is 2. The van der Waals surface area contributed by atoms with Crippen molar-refractivity contribution < 1.29 is 14.3 Å². The van der Waals surface area contributed by atoms with Crippen LogP contribution < -0.4 is 11.1 Å². The van der Waals surface area contributed by atoms with Crippen molar-refractivity contribution in [2.45, 2.75) is 38.6 Å². The zero-order valence-corrected chi connectivity index (χ0v) is 11.6. The molecular formula is C15H20N2O3. The lowest BCUT2D eigenvalue weighted by molar-refractivity contribution is 0.0954. The molecule has 0 radical (unpaired) electrons. The van der Waals surface area contributed by atoms with E-state index in [-0.39, 0.29) is 18.6 Å². The standard InChI is InChI=1S/C15H20N2O3/c1-2-3-4-13-11-6-5-10(7-8-20-15(16)19)9-12(11)14(18)17-13/h5-6,9,13H,2-4,7-8H2,1H3,(H2,16,19)(H,17,18). The minimum absolute atomic E-state index is 0.0150. The Balaban J connectivity index is 2.05. The van der Waals surface area contributed by atoms with Crippen LogP contribution in [-0.2, 0) is 11.2 Å². The highest BCUT2D eigenvalue weighted by atomic mass is 16.5. The highest BCUT2D eigenvalue weighted by Gasteiger charge is 2.27. The largest absolute Gasteiger partial charge is 0.449 e. The molecule has 0 spiro atoms. The Bertz CT molecular complexity index is 514. The van der Waals surface area contributed by atoms with Gasteiger partial charge in [0, 0.05) is 12.0 Å². The topological polar surface area (TPSA) is 81.4 Å². The van der Waals surface area contributed by atoms with Gasteiger partial charge in [-0.05, 0) is 23.6 Å². The number of hydrogen-bond acceptors (Lipinski definition) is 3. The molecule has 2 amide bonds. The molecule has 1 heterocycles. The lowest BCUT2D eigenvalue weighted by Gasteiger charge is -2.11. The van der Waals surface area contributed by atoms with E-state index in [1.54, 1.807) is 0 Å². The predicted molar refractivity (Wildman–Crippen MR) is 75.4 cm³/mol. The molecule has 0 bridgehead atoms. The van der Waals surface area contributed by atoms with E-state index in [9.17, 15) is 9.59 Å². The summed E-state index contributed by atoms with van der Waals surface area (Å²) in [7, 11) is 0. The third-order valence-electron chi connectivity index (χ3n) is 3.52. The number of rotatable bonds is 6. The first-order chi connectivity index (χ1) is 9.61. The molecule has 1 aromatic rings. The van der Waals surface area contributed by atoms with Crippen LogP contribution in [0.2, 0.25) is 0 Å². The van der Waals surface area contributed by atoms with Crippen molar-refractivity contribution >= 4 is 12.0 Å². The van der Waals surface area contributed by atoms with Crippen LogP contribution in [0.5, 0.6) is 0 Å². The number of carbonyl (C=O) groups is 2. The lowest BCUT2D eigenvalue weighted by atomic mass is 9.98. The van der Waals surface area contributed by atoms with Gasteiger partial charge in [-0.3, -0.25) is 4.79 Å². The molecule has 0 fully saturated rings. The number of benzene rings is 1. The van der Waals surface area contributed by atoms with Crippen molar-refractivity contribution in [3.63, 3.8) is 0 Å². The molecule has 0 aliphatic carbocycles. The van der Waals surface area contributed by atoms with Gasteiger partial charge in [0.25, 0.3) is 5.91 Å². The van der Waals surface area contributed by atoms with E-state index in [4.69, 9.17) is 10.5 Å². The summed E-state index contributed by atoms with van der Waals surface area (Å²) >= 11 is 0. The molecule has 1 unspecified atom stereocenters. The fourth-order valence-corrected chi connectivity index (χ4v) is 2.48. The first-order valence-electron chi connectivity index (χ1n) is 6.97. The van der Waals surface area contributed by atoms with Crippen LogP contribution in [0.3, 0.4) is 0 Å². The van der Waals surface area contributed by atoms with Gasteiger partial charge in [-0.1, -0.05) is 31.9 Å². The molecule has 0 saturated heterocycles. The van der Waals surface area contributed by atoms with Crippen LogP contribution in [0.1, 0.15) is 53.7 Å². The minimum atomic E-state index is -0.775. The molecule has 3 N–H and O–H groups in total. The average Bonchev–Trinajstić information content (AvgIpc) is 2.73. The molecule has 20 heavy (non-hydrogen) atoms. The minimum Gasteiger partial charge on any atom is -0.449 e. The van der Waals surface area contributed by atoms with Gasteiger partial charge in [0.15, 0.2) is 0 Å². The molecule has 1 aliphatic heterocycles. The third kappa shape index (κ3) is 3.29. The van der Waals surface area contributed by atoms with Crippen molar-refractivity contribution in [1.82, 2.24) is 5.32 Å². The van der Waals surface area contributed by atoms with E-state index in [0.29, 0.717) is 6.42 Å². The molecule has 108 valence electrons. The fourth-order valence-electron chi connectivity index (χ4n) is 2.48. The highest BCUT2D eigenvalue weighted by molar-refractivity contribution is 5.99. The Morgan fingerprint density at radius 3 is 2.95 bits per heavy atom.